The monoisotopic (exact) mass is 423 g/mol. The second kappa shape index (κ2) is 9.80. The van der Waals surface area contributed by atoms with E-state index in [4.69, 9.17) is 4.42 Å². The lowest BCUT2D eigenvalue weighted by Gasteiger charge is -2.14. The van der Waals surface area contributed by atoms with E-state index in [-0.39, 0.29) is 23.8 Å². The van der Waals surface area contributed by atoms with Gasteiger partial charge in [-0.1, -0.05) is 35.5 Å². The van der Waals surface area contributed by atoms with Gasteiger partial charge in [-0.25, -0.2) is 4.98 Å². The van der Waals surface area contributed by atoms with Gasteiger partial charge >= 0.3 is 0 Å². The van der Waals surface area contributed by atoms with Gasteiger partial charge in [-0.15, -0.1) is 0 Å². The Balaban J connectivity index is 1.45. The fourth-order valence-corrected chi connectivity index (χ4v) is 4.46. The highest BCUT2D eigenvalue weighted by Crippen LogP contribution is 2.20. The number of thioether (sulfide) groups is 1. The van der Waals surface area contributed by atoms with Crippen LogP contribution >= 0.6 is 11.8 Å². The number of benzene rings is 1. The summed E-state index contributed by atoms with van der Waals surface area (Å²) in [6.45, 7) is 0.928. The van der Waals surface area contributed by atoms with Crippen LogP contribution in [0, 0.1) is 0 Å². The van der Waals surface area contributed by atoms with Crippen molar-refractivity contribution in [2.45, 2.75) is 43.8 Å². The molecule has 0 saturated carbocycles. The third kappa shape index (κ3) is 5.02. The molecule has 3 aromatic rings. The number of hydrogen-bond donors (Lipinski definition) is 1. The van der Waals surface area contributed by atoms with Crippen LogP contribution in [-0.2, 0) is 11.3 Å². The molecule has 1 aromatic carbocycles. The maximum absolute atomic E-state index is 13.0. The Labute approximate surface area is 179 Å². The van der Waals surface area contributed by atoms with Gasteiger partial charge in [0.15, 0.2) is 5.16 Å². The maximum Gasteiger partial charge on any atom is 0.262 e. The molecule has 0 fully saturated rings. The van der Waals surface area contributed by atoms with E-state index in [1.165, 1.54) is 30.2 Å². The highest BCUT2D eigenvalue weighted by atomic mass is 32.2. The lowest BCUT2D eigenvalue weighted by Crippen LogP contribution is -2.28. The third-order valence-corrected chi connectivity index (χ3v) is 6.18. The van der Waals surface area contributed by atoms with Gasteiger partial charge in [-0.2, -0.15) is 0 Å². The molecule has 0 spiro atoms. The predicted octanol–water partition coefficient (Wildman–Crippen LogP) is 4.14. The van der Waals surface area contributed by atoms with Crippen LogP contribution in [0.15, 0.2) is 68.7 Å². The van der Waals surface area contributed by atoms with E-state index in [1.54, 1.807) is 23.0 Å². The van der Waals surface area contributed by atoms with Gasteiger partial charge in [-0.05, 0) is 56.4 Å². The van der Waals surface area contributed by atoms with E-state index < -0.39 is 0 Å². The first-order valence-corrected chi connectivity index (χ1v) is 11.3. The normalized spacial score (nSPS) is 13.9. The SMILES string of the molecule is O=C(CSc1nc2ccccc2c(=O)n1Cc1ccco1)NCCC1=CCCCC1. The van der Waals surface area contributed by atoms with Crippen molar-refractivity contribution in [1.29, 1.82) is 0 Å². The molecule has 6 nitrogen and oxygen atoms in total. The van der Waals surface area contributed by atoms with E-state index >= 15 is 0 Å². The molecule has 1 aliphatic rings. The Morgan fingerprint density at radius 2 is 2.10 bits per heavy atom. The molecule has 0 unspecified atom stereocenters. The van der Waals surface area contributed by atoms with Crippen LogP contribution in [0.25, 0.3) is 10.9 Å². The van der Waals surface area contributed by atoms with Crippen LogP contribution in [-0.4, -0.2) is 27.8 Å². The van der Waals surface area contributed by atoms with E-state index in [9.17, 15) is 9.59 Å². The standard InChI is InChI=1S/C23H25N3O3S/c27-21(24-13-12-17-7-2-1-3-8-17)16-30-23-25-20-11-5-4-10-19(20)22(28)26(23)15-18-9-6-14-29-18/h4-7,9-11,14H,1-3,8,12-13,15-16H2,(H,24,27). The molecule has 0 saturated heterocycles. The van der Waals surface area contributed by atoms with E-state index in [2.05, 4.69) is 16.4 Å². The fourth-order valence-electron chi connectivity index (χ4n) is 3.63. The first-order chi connectivity index (χ1) is 14.7. The summed E-state index contributed by atoms with van der Waals surface area (Å²) in [5.41, 5.74) is 1.94. The van der Waals surface area contributed by atoms with Crippen molar-refractivity contribution in [2.24, 2.45) is 0 Å². The lowest BCUT2D eigenvalue weighted by atomic mass is 9.97. The summed E-state index contributed by atoms with van der Waals surface area (Å²) in [7, 11) is 0. The van der Waals surface area contributed by atoms with E-state index in [0.29, 0.717) is 28.4 Å². The van der Waals surface area contributed by atoms with Gasteiger partial charge in [-0.3, -0.25) is 14.2 Å². The number of fused-ring (bicyclic) bond motifs is 1. The summed E-state index contributed by atoms with van der Waals surface area (Å²) in [5, 5.41) is 4.05. The van der Waals surface area contributed by atoms with Crippen LogP contribution in [0.4, 0.5) is 0 Å². The van der Waals surface area contributed by atoms with Crippen molar-refractivity contribution < 1.29 is 9.21 Å². The maximum atomic E-state index is 13.0. The van der Waals surface area contributed by atoms with Gasteiger partial charge in [0.25, 0.3) is 5.56 Å². The first kappa shape index (κ1) is 20.5. The van der Waals surface area contributed by atoms with Crippen LogP contribution < -0.4 is 10.9 Å². The Hall–Kier alpha value is -2.80. The molecule has 1 N–H and O–H groups in total. The molecule has 1 amide bonds. The molecule has 0 atom stereocenters. The van der Waals surface area contributed by atoms with Crippen molar-refractivity contribution in [3.63, 3.8) is 0 Å². The van der Waals surface area contributed by atoms with Crippen molar-refractivity contribution in [1.82, 2.24) is 14.9 Å². The number of amides is 1. The molecule has 30 heavy (non-hydrogen) atoms. The predicted molar refractivity (Wildman–Crippen MR) is 119 cm³/mol. The summed E-state index contributed by atoms with van der Waals surface area (Å²) in [5.74, 6) is 0.826. The summed E-state index contributed by atoms with van der Waals surface area (Å²) in [6, 6.07) is 10.9. The largest absolute Gasteiger partial charge is 0.467 e. The molecule has 0 aliphatic heterocycles. The number of para-hydroxylation sites is 1. The van der Waals surface area contributed by atoms with Crippen molar-refractivity contribution in [2.75, 3.05) is 12.3 Å². The Kier molecular flexibility index (Phi) is 6.69. The van der Waals surface area contributed by atoms with Crippen molar-refractivity contribution >= 4 is 28.6 Å². The Morgan fingerprint density at radius 3 is 2.90 bits per heavy atom. The molecule has 0 bridgehead atoms. The number of rotatable bonds is 8. The second-order valence-electron chi connectivity index (χ2n) is 7.38. The molecule has 2 aromatic heterocycles. The number of nitrogens with zero attached hydrogens (tertiary/aromatic N) is 2. The van der Waals surface area contributed by atoms with Gasteiger partial charge in [0, 0.05) is 6.54 Å². The number of carbonyl (C=O) groups is 1. The number of aromatic nitrogens is 2. The number of carbonyl (C=O) groups excluding carboxylic acids is 1. The minimum atomic E-state index is -0.135. The highest BCUT2D eigenvalue weighted by molar-refractivity contribution is 7.99. The van der Waals surface area contributed by atoms with Crippen LogP contribution in [0.3, 0.4) is 0 Å². The number of allylic oxidation sites excluding steroid dienone is 1. The molecule has 156 valence electrons. The fraction of sp³-hybridized carbons (Fsp3) is 0.348. The number of nitrogens with one attached hydrogen (secondary N) is 1. The van der Waals surface area contributed by atoms with E-state index in [0.717, 1.165) is 19.3 Å². The van der Waals surface area contributed by atoms with Crippen molar-refractivity contribution in [3.8, 4) is 0 Å². The second-order valence-corrected chi connectivity index (χ2v) is 8.32. The average Bonchev–Trinajstić information content (AvgIpc) is 3.29. The molecule has 0 radical (unpaired) electrons. The average molecular weight is 424 g/mol. The van der Waals surface area contributed by atoms with Crippen LogP contribution in [0.5, 0.6) is 0 Å². The molecule has 2 heterocycles. The molecular weight excluding hydrogens is 398 g/mol. The number of furan rings is 1. The minimum Gasteiger partial charge on any atom is -0.467 e. The minimum absolute atomic E-state index is 0.0524. The first-order valence-electron chi connectivity index (χ1n) is 10.3. The van der Waals surface area contributed by atoms with Gasteiger partial charge in [0.2, 0.25) is 5.91 Å². The molecule has 7 heteroatoms. The number of hydrogen-bond acceptors (Lipinski definition) is 5. The third-order valence-electron chi connectivity index (χ3n) is 5.21. The zero-order valence-corrected chi connectivity index (χ0v) is 17.6. The van der Waals surface area contributed by atoms with Gasteiger partial charge < -0.3 is 9.73 Å². The van der Waals surface area contributed by atoms with Gasteiger partial charge in [0.1, 0.15) is 5.76 Å². The summed E-state index contributed by atoms with van der Waals surface area (Å²) in [6.07, 6.45) is 9.60. The quantitative estimate of drug-likeness (QED) is 0.335. The molecule has 1 aliphatic carbocycles. The van der Waals surface area contributed by atoms with Crippen LogP contribution in [0.2, 0.25) is 0 Å². The zero-order valence-electron chi connectivity index (χ0n) is 16.8. The summed E-state index contributed by atoms with van der Waals surface area (Å²) in [4.78, 5) is 30.0. The summed E-state index contributed by atoms with van der Waals surface area (Å²) < 4.78 is 6.99. The molecular formula is C23H25N3O3S. The van der Waals surface area contributed by atoms with Crippen LogP contribution in [0.1, 0.15) is 37.9 Å². The topological polar surface area (TPSA) is 77.1 Å². The molecule has 4 rings (SSSR count). The van der Waals surface area contributed by atoms with Crippen molar-refractivity contribution in [3.05, 3.63) is 70.4 Å². The highest BCUT2D eigenvalue weighted by Gasteiger charge is 2.14. The Bertz CT molecular complexity index is 1100. The van der Waals surface area contributed by atoms with Gasteiger partial charge in [0.05, 0.1) is 29.5 Å². The Morgan fingerprint density at radius 1 is 1.20 bits per heavy atom. The van der Waals surface area contributed by atoms with E-state index in [1.807, 2.05) is 24.3 Å². The zero-order chi connectivity index (χ0) is 20.8. The lowest BCUT2D eigenvalue weighted by molar-refractivity contribution is -0.118. The smallest absolute Gasteiger partial charge is 0.262 e. The summed E-state index contributed by atoms with van der Waals surface area (Å²) >= 11 is 1.28.